The number of hydrogen-bond donors (Lipinski definition) is 1. The average Bonchev–Trinajstić information content (AvgIpc) is 2.49. The molecule has 2 unspecified atom stereocenters. The Labute approximate surface area is 128 Å². The molecule has 0 bridgehead atoms. The van der Waals surface area contributed by atoms with Crippen LogP contribution in [0.5, 0.6) is 0 Å². The van der Waals surface area contributed by atoms with E-state index in [0.29, 0.717) is 10.6 Å². The summed E-state index contributed by atoms with van der Waals surface area (Å²) in [5.74, 6) is -1.97. The van der Waals surface area contributed by atoms with Crippen molar-refractivity contribution in [1.29, 1.82) is 5.26 Å². The lowest BCUT2D eigenvalue weighted by atomic mass is 9.80. The van der Waals surface area contributed by atoms with Gasteiger partial charge in [-0.1, -0.05) is 60.1 Å². The van der Waals surface area contributed by atoms with E-state index in [0.717, 1.165) is 5.56 Å². The fourth-order valence-corrected chi connectivity index (χ4v) is 2.67. The summed E-state index contributed by atoms with van der Waals surface area (Å²) >= 11 is 6.17. The molecule has 1 N–H and O–H groups in total. The van der Waals surface area contributed by atoms with Crippen LogP contribution in [-0.2, 0) is 4.79 Å². The van der Waals surface area contributed by atoms with Crippen LogP contribution in [0.25, 0.3) is 0 Å². The van der Waals surface area contributed by atoms with Gasteiger partial charge in [0.2, 0.25) is 0 Å². The molecule has 2 rings (SSSR count). The molecule has 4 heteroatoms. The number of nitriles is 1. The third kappa shape index (κ3) is 3.62. The number of hydrogen-bond acceptors (Lipinski definition) is 2. The Hall–Kier alpha value is -2.31. The van der Waals surface area contributed by atoms with Crippen molar-refractivity contribution in [2.45, 2.75) is 18.3 Å². The largest absolute Gasteiger partial charge is 0.481 e. The first-order valence-electron chi connectivity index (χ1n) is 6.54. The van der Waals surface area contributed by atoms with Gasteiger partial charge >= 0.3 is 5.97 Å². The molecular weight excluding hydrogens is 286 g/mol. The number of rotatable bonds is 5. The van der Waals surface area contributed by atoms with Crippen molar-refractivity contribution in [3.8, 4) is 6.07 Å². The van der Waals surface area contributed by atoms with Crippen molar-refractivity contribution in [2.24, 2.45) is 0 Å². The molecule has 0 heterocycles. The predicted molar refractivity (Wildman–Crippen MR) is 81.2 cm³/mol. The molecule has 0 saturated heterocycles. The first-order chi connectivity index (χ1) is 10.1. The summed E-state index contributed by atoms with van der Waals surface area (Å²) in [5.41, 5.74) is 1.49. The second kappa shape index (κ2) is 6.92. The van der Waals surface area contributed by atoms with Crippen molar-refractivity contribution in [2.75, 3.05) is 0 Å². The highest BCUT2D eigenvalue weighted by atomic mass is 35.5. The van der Waals surface area contributed by atoms with Crippen LogP contribution in [-0.4, -0.2) is 11.1 Å². The van der Waals surface area contributed by atoms with Gasteiger partial charge in [0.15, 0.2) is 0 Å². The van der Waals surface area contributed by atoms with Gasteiger partial charge in [-0.25, -0.2) is 0 Å². The fourth-order valence-electron chi connectivity index (χ4n) is 2.42. The molecule has 0 aromatic heterocycles. The lowest BCUT2D eigenvalue weighted by molar-refractivity contribution is -0.137. The number of carboxylic acid groups (broad SMARTS) is 1. The van der Waals surface area contributed by atoms with Gasteiger partial charge in [-0.05, 0) is 17.2 Å². The second-order valence-electron chi connectivity index (χ2n) is 4.74. The van der Waals surface area contributed by atoms with Crippen LogP contribution >= 0.6 is 11.6 Å². The first-order valence-corrected chi connectivity index (χ1v) is 6.92. The number of nitrogens with zero attached hydrogens (tertiary/aromatic N) is 1. The topological polar surface area (TPSA) is 61.1 Å². The molecule has 21 heavy (non-hydrogen) atoms. The molecule has 0 aliphatic rings. The molecule has 2 aromatic carbocycles. The lowest BCUT2D eigenvalue weighted by Crippen LogP contribution is -2.14. The van der Waals surface area contributed by atoms with Gasteiger partial charge in [-0.15, -0.1) is 0 Å². The molecule has 0 aliphatic heterocycles. The van der Waals surface area contributed by atoms with E-state index >= 15 is 0 Å². The highest BCUT2D eigenvalue weighted by Crippen LogP contribution is 2.38. The van der Waals surface area contributed by atoms with E-state index in [1.807, 2.05) is 30.3 Å². The zero-order valence-electron chi connectivity index (χ0n) is 11.2. The minimum atomic E-state index is -0.934. The van der Waals surface area contributed by atoms with Gasteiger partial charge in [0.05, 0.1) is 18.4 Å². The monoisotopic (exact) mass is 299 g/mol. The van der Waals surface area contributed by atoms with E-state index < -0.39 is 17.8 Å². The van der Waals surface area contributed by atoms with Crippen LogP contribution < -0.4 is 0 Å². The number of benzene rings is 2. The van der Waals surface area contributed by atoms with Crippen molar-refractivity contribution in [3.05, 3.63) is 70.7 Å². The van der Waals surface area contributed by atoms with Gasteiger partial charge < -0.3 is 5.11 Å². The lowest BCUT2D eigenvalue weighted by Gasteiger charge is -2.22. The molecule has 0 amide bonds. The summed E-state index contributed by atoms with van der Waals surface area (Å²) in [6.45, 7) is 0. The van der Waals surface area contributed by atoms with Crippen LogP contribution in [0.2, 0.25) is 5.02 Å². The molecule has 0 spiro atoms. The average molecular weight is 300 g/mol. The Morgan fingerprint density at radius 2 is 1.76 bits per heavy atom. The van der Waals surface area contributed by atoms with Gasteiger partial charge in [0.1, 0.15) is 0 Å². The smallest absolute Gasteiger partial charge is 0.304 e. The van der Waals surface area contributed by atoms with Crippen molar-refractivity contribution in [1.82, 2.24) is 0 Å². The summed E-state index contributed by atoms with van der Waals surface area (Å²) in [4.78, 5) is 11.2. The number of halogens is 1. The minimum Gasteiger partial charge on any atom is -0.481 e. The van der Waals surface area contributed by atoms with Crippen LogP contribution in [0.15, 0.2) is 54.6 Å². The minimum absolute atomic E-state index is 0.118. The van der Waals surface area contributed by atoms with Crippen LogP contribution in [0, 0.1) is 11.3 Å². The zero-order chi connectivity index (χ0) is 15.2. The summed E-state index contributed by atoms with van der Waals surface area (Å²) in [6, 6.07) is 18.5. The molecule has 2 atom stereocenters. The summed E-state index contributed by atoms with van der Waals surface area (Å²) in [6.07, 6.45) is -0.118. The van der Waals surface area contributed by atoms with Crippen LogP contribution in [0.3, 0.4) is 0 Å². The maximum Gasteiger partial charge on any atom is 0.304 e. The van der Waals surface area contributed by atoms with Gasteiger partial charge in [0, 0.05) is 10.9 Å². The maximum absolute atomic E-state index is 11.2. The van der Waals surface area contributed by atoms with Crippen molar-refractivity contribution in [3.63, 3.8) is 0 Å². The van der Waals surface area contributed by atoms with Crippen LogP contribution in [0.1, 0.15) is 29.4 Å². The fraction of sp³-hybridized carbons (Fsp3) is 0.176. The Morgan fingerprint density at radius 3 is 2.33 bits per heavy atom. The standard InChI is InChI=1S/C17H14ClNO2/c18-16-9-5-4-8-13(16)15(11-19)14(10-17(20)21)12-6-2-1-3-7-12/h1-9,14-15H,10H2,(H,20,21). The predicted octanol–water partition coefficient (Wildman–Crippen LogP) is 4.21. The Bertz CT molecular complexity index is 664. The highest BCUT2D eigenvalue weighted by molar-refractivity contribution is 6.31. The zero-order valence-corrected chi connectivity index (χ0v) is 12.0. The summed E-state index contributed by atoms with van der Waals surface area (Å²) in [5, 5.41) is 19.2. The maximum atomic E-state index is 11.2. The Kier molecular flexibility index (Phi) is 4.97. The molecule has 2 aromatic rings. The van der Waals surface area contributed by atoms with Gasteiger partial charge in [-0.2, -0.15) is 5.26 Å². The third-order valence-corrected chi connectivity index (χ3v) is 3.75. The Balaban J connectivity index is 2.46. The van der Waals surface area contributed by atoms with Gasteiger partial charge in [0.25, 0.3) is 0 Å². The summed E-state index contributed by atoms with van der Waals surface area (Å²) in [7, 11) is 0. The highest BCUT2D eigenvalue weighted by Gasteiger charge is 2.28. The number of carboxylic acids is 1. The van der Waals surface area contributed by atoms with Crippen LogP contribution in [0.4, 0.5) is 0 Å². The normalized spacial score (nSPS) is 13.1. The second-order valence-corrected chi connectivity index (χ2v) is 5.15. The van der Waals surface area contributed by atoms with E-state index in [4.69, 9.17) is 16.7 Å². The molecule has 0 aliphatic carbocycles. The SMILES string of the molecule is N#CC(c1ccccc1Cl)C(CC(=O)O)c1ccccc1. The number of carbonyl (C=O) groups is 1. The molecule has 0 fully saturated rings. The number of aliphatic carboxylic acids is 1. The summed E-state index contributed by atoms with van der Waals surface area (Å²) < 4.78 is 0. The van der Waals surface area contributed by atoms with E-state index in [2.05, 4.69) is 6.07 Å². The molecular formula is C17H14ClNO2. The van der Waals surface area contributed by atoms with E-state index in [-0.39, 0.29) is 6.42 Å². The Morgan fingerprint density at radius 1 is 1.14 bits per heavy atom. The molecule has 3 nitrogen and oxygen atoms in total. The van der Waals surface area contributed by atoms with E-state index in [9.17, 15) is 10.1 Å². The first kappa shape index (κ1) is 15.1. The third-order valence-electron chi connectivity index (χ3n) is 3.40. The van der Waals surface area contributed by atoms with Crippen molar-refractivity contribution >= 4 is 17.6 Å². The van der Waals surface area contributed by atoms with Gasteiger partial charge in [-0.3, -0.25) is 4.79 Å². The van der Waals surface area contributed by atoms with E-state index in [1.54, 1.807) is 24.3 Å². The molecule has 0 saturated carbocycles. The van der Waals surface area contributed by atoms with E-state index in [1.165, 1.54) is 0 Å². The van der Waals surface area contributed by atoms with Crippen molar-refractivity contribution < 1.29 is 9.90 Å². The quantitative estimate of drug-likeness (QED) is 0.899. The molecule has 106 valence electrons. The molecule has 0 radical (unpaired) electrons.